The van der Waals surface area contributed by atoms with Gasteiger partial charge in [0, 0.05) is 12.8 Å². The number of likely N-dealkylation sites (tertiary alicyclic amines) is 1. The standard InChI is InChI=1S/C15H24N/c1-13(2)16(3)11-9-15(10-12-16)14-7-5-4-6-8-14/h4-8,13,15H,9-12H2,1-3H3/q+1. The van der Waals surface area contributed by atoms with Crippen molar-refractivity contribution in [2.45, 2.75) is 38.6 Å². The summed E-state index contributed by atoms with van der Waals surface area (Å²) in [5.41, 5.74) is 1.54. The van der Waals surface area contributed by atoms with Crippen molar-refractivity contribution in [3.8, 4) is 0 Å². The number of rotatable bonds is 2. The van der Waals surface area contributed by atoms with Gasteiger partial charge in [-0.2, -0.15) is 0 Å². The van der Waals surface area contributed by atoms with Gasteiger partial charge in [-0.25, -0.2) is 0 Å². The number of nitrogens with zero attached hydrogens (tertiary/aromatic N) is 1. The van der Waals surface area contributed by atoms with Gasteiger partial charge in [0.15, 0.2) is 0 Å². The van der Waals surface area contributed by atoms with Crippen molar-refractivity contribution in [2.24, 2.45) is 0 Å². The molecule has 0 N–H and O–H groups in total. The molecule has 0 spiro atoms. The minimum Gasteiger partial charge on any atom is -0.324 e. The van der Waals surface area contributed by atoms with Crippen LogP contribution in [0.15, 0.2) is 30.3 Å². The molecule has 0 unspecified atom stereocenters. The molecule has 1 saturated heterocycles. The number of piperidine rings is 1. The second kappa shape index (κ2) is 4.58. The molecule has 1 aromatic rings. The summed E-state index contributed by atoms with van der Waals surface area (Å²) in [7, 11) is 2.41. The van der Waals surface area contributed by atoms with Gasteiger partial charge < -0.3 is 4.48 Å². The fourth-order valence-electron chi connectivity index (χ4n) is 2.73. The topological polar surface area (TPSA) is 0 Å². The van der Waals surface area contributed by atoms with Crippen LogP contribution in [0, 0.1) is 0 Å². The SMILES string of the molecule is CC(C)[N+]1(C)CCC(c2ccccc2)CC1. The van der Waals surface area contributed by atoms with Crippen molar-refractivity contribution in [2.75, 3.05) is 20.1 Å². The van der Waals surface area contributed by atoms with Gasteiger partial charge in [-0.05, 0) is 25.3 Å². The average Bonchev–Trinajstić information content (AvgIpc) is 2.31. The van der Waals surface area contributed by atoms with Gasteiger partial charge >= 0.3 is 0 Å². The summed E-state index contributed by atoms with van der Waals surface area (Å²) < 4.78 is 1.25. The molecule has 0 aromatic heterocycles. The predicted octanol–water partition coefficient (Wildman–Crippen LogP) is 3.42. The Morgan fingerprint density at radius 1 is 1.06 bits per heavy atom. The molecular formula is C15H24N+. The Labute approximate surface area is 99.7 Å². The number of benzene rings is 1. The zero-order valence-corrected chi connectivity index (χ0v) is 10.8. The van der Waals surface area contributed by atoms with Crippen LogP contribution in [0.2, 0.25) is 0 Å². The lowest BCUT2D eigenvalue weighted by Crippen LogP contribution is -2.53. The Morgan fingerprint density at radius 3 is 2.12 bits per heavy atom. The second-order valence-electron chi connectivity index (χ2n) is 5.71. The Balaban J connectivity index is 2.01. The summed E-state index contributed by atoms with van der Waals surface area (Å²) in [6.07, 6.45) is 2.69. The molecule has 0 bridgehead atoms. The molecule has 1 aromatic carbocycles. The molecule has 1 heterocycles. The van der Waals surface area contributed by atoms with E-state index in [-0.39, 0.29) is 0 Å². The quantitative estimate of drug-likeness (QED) is 0.667. The maximum absolute atomic E-state index is 2.41. The van der Waals surface area contributed by atoms with Crippen molar-refractivity contribution in [3.63, 3.8) is 0 Å². The molecule has 1 nitrogen and oxygen atoms in total. The van der Waals surface area contributed by atoms with Crippen molar-refractivity contribution in [3.05, 3.63) is 35.9 Å². The largest absolute Gasteiger partial charge is 0.324 e. The normalized spacial score (nSPS) is 30.6. The third-order valence-corrected chi connectivity index (χ3v) is 4.49. The highest BCUT2D eigenvalue weighted by molar-refractivity contribution is 5.19. The molecule has 1 aliphatic rings. The third-order valence-electron chi connectivity index (χ3n) is 4.49. The Hall–Kier alpha value is -0.820. The smallest absolute Gasteiger partial charge is 0.0831 e. The summed E-state index contributed by atoms with van der Waals surface area (Å²) in [6.45, 7) is 7.36. The molecule has 0 radical (unpaired) electrons. The zero-order chi connectivity index (χ0) is 11.6. The van der Waals surface area contributed by atoms with Gasteiger partial charge in [0.25, 0.3) is 0 Å². The van der Waals surface area contributed by atoms with E-state index in [4.69, 9.17) is 0 Å². The van der Waals surface area contributed by atoms with Crippen LogP contribution >= 0.6 is 0 Å². The number of quaternary nitrogens is 1. The van der Waals surface area contributed by atoms with Gasteiger partial charge in [0.1, 0.15) is 0 Å². The molecular weight excluding hydrogens is 194 g/mol. The van der Waals surface area contributed by atoms with Crippen molar-refractivity contribution in [1.29, 1.82) is 0 Å². The minimum atomic E-state index is 0.761. The van der Waals surface area contributed by atoms with Gasteiger partial charge in [-0.1, -0.05) is 30.3 Å². The summed E-state index contributed by atoms with van der Waals surface area (Å²) in [4.78, 5) is 0. The lowest BCUT2D eigenvalue weighted by atomic mass is 9.88. The van der Waals surface area contributed by atoms with Crippen molar-refractivity contribution in [1.82, 2.24) is 0 Å². The van der Waals surface area contributed by atoms with E-state index in [1.54, 1.807) is 0 Å². The number of hydrogen-bond donors (Lipinski definition) is 0. The lowest BCUT2D eigenvalue weighted by Gasteiger charge is -2.44. The van der Waals surface area contributed by atoms with E-state index in [1.165, 1.54) is 36.0 Å². The van der Waals surface area contributed by atoms with Crippen LogP contribution < -0.4 is 0 Å². The molecule has 16 heavy (non-hydrogen) atoms. The van der Waals surface area contributed by atoms with E-state index >= 15 is 0 Å². The first kappa shape index (κ1) is 11.7. The van der Waals surface area contributed by atoms with Crippen LogP contribution in [0.5, 0.6) is 0 Å². The minimum absolute atomic E-state index is 0.761. The van der Waals surface area contributed by atoms with E-state index in [0.29, 0.717) is 0 Å². The van der Waals surface area contributed by atoms with Gasteiger partial charge in [0.05, 0.1) is 26.2 Å². The summed E-state index contributed by atoms with van der Waals surface area (Å²) in [6, 6.07) is 11.8. The summed E-state index contributed by atoms with van der Waals surface area (Å²) >= 11 is 0. The van der Waals surface area contributed by atoms with E-state index in [1.807, 2.05) is 0 Å². The molecule has 0 saturated carbocycles. The first-order valence-electron chi connectivity index (χ1n) is 6.51. The molecule has 0 amide bonds. The zero-order valence-electron chi connectivity index (χ0n) is 10.8. The van der Waals surface area contributed by atoms with Crippen LogP contribution in [-0.2, 0) is 0 Å². The number of hydrogen-bond acceptors (Lipinski definition) is 0. The third kappa shape index (κ3) is 2.30. The molecule has 2 rings (SSSR count). The van der Waals surface area contributed by atoms with Crippen LogP contribution in [0.3, 0.4) is 0 Å². The van der Waals surface area contributed by atoms with Gasteiger partial charge in [-0.15, -0.1) is 0 Å². The molecule has 1 fully saturated rings. The first-order valence-corrected chi connectivity index (χ1v) is 6.51. The van der Waals surface area contributed by atoms with Crippen LogP contribution in [0.1, 0.15) is 38.2 Å². The molecule has 0 aliphatic carbocycles. The van der Waals surface area contributed by atoms with E-state index in [2.05, 4.69) is 51.2 Å². The Bertz CT molecular complexity index is 321. The molecule has 88 valence electrons. The molecule has 1 aliphatic heterocycles. The first-order chi connectivity index (χ1) is 7.62. The predicted molar refractivity (Wildman–Crippen MR) is 69.5 cm³/mol. The monoisotopic (exact) mass is 218 g/mol. The fourth-order valence-corrected chi connectivity index (χ4v) is 2.73. The summed E-state index contributed by atoms with van der Waals surface area (Å²) in [5, 5.41) is 0. The maximum Gasteiger partial charge on any atom is 0.0831 e. The van der Waals surface area contributed by atoms with Crippen LogP contribution in [0.4, 0.5) is 0 Å². The fraction of sp³-hybridized carbons (Fsp3) is 0.600. The summed E-state index contributed by atoms with van der Waals surface area (Å²) in [5.74, 6) is 0.797. The maximum atomic E-state index is 2.41. The van der Waals surface area contributed by atoms with E-state index in [9.17, 15) is 0 Å². The highest BCUT2D eigenvalue weighted by Crippen LogP contribution is 2.31. The highest BCUT2D eigenvalue weighted by atomic mass is 15.4. The van der Waals surface area contributed by atoms with Crippen LogP contribution in [-0.4, -0.2) is 30.7 Å². The van der Waals surface area contributed by atoms with Crippen molar-refractivity contribution < 1.29 is 4.48 Å². The Kier molecular flexibility index (Phi) is 3.34. The van der Waals surface area contributed by atoms with E-state index in [0.717, 1.165) is 12.0 Å². The van der Waals surface area contributed by atoms with Crippen LogP contribution in [0.25, 0.3) is 0 Å². The average molecular weight is 218 g/mol. The highest BCUT2D eigenvalue weighted by Gasteiger charge is 2.32. The van der Waals surface area contributed by atoms with E-state index < -0.39 is 0 Å². The van der Waals surface area contributed by atoms with Gasteiger partial charge in [-0.3, -0.25) is 0 Å². The van der Waals surface area contributed by atoms with Crippen molar-refractivity contribution >= 4 is 0 Å². The second-order valence-corrected chi connectivity index (χ2v) is 5.71. The Morgan fingerprint density at radius 2 is 1.62 bits per heavy atom. The molecule has 0 atom stereocenters. The van der Waals surface area contributed by atoms with Gasteiger partial charge in [0.2, 0.25) is 0 Å². The lowest BCUT2D eigenvalue weighted by molar-refractivity contribution is -0.934. The molecule has 1 heteroatoms.